The van der Waals surface area contributed by atoms with Gasteiger partial charge in [-0.15, -0.1) is 0 Å². The smallest absolute Gasteiger partial charge is 0.234 e. The molecule has 1 amide bonds. The molecule has 1 N–H and O–H groups in total. The fourth-order valence-corrected chi connectivity index (χ4v) is 2.00. The highest BCUT2D eigenvalue weighted by atomic mass is 16.2. The quantitative estimate of drug-likeness (QED) is 0.673. The van der Waals surface area contributed by atoms with Crippen molar-refractivity contribution >= 4 is 5.91 Å². The number of hydrogen-bond acceptors (Lipinski definition) is 3. The highest BCUT2D eigenvalue weighted by Crippen LogP contribution is 2.07. The first-order valence-corrected chi connectivity index (χ1v) is 6.32. The van der Waals surface area contributed by atoms with Crippen LogP contribution in [-0.4, -0.2) is 62.5 Å². The van der Waals surface area contributed by atoms with Crippen molar-refractivity contribution in [2.24, 2.45) is 0 Å². The van der Waals surface area contributed by atoms with E-state index in [-0.39, 0.29) is 5.91 Å². The van der Waals surface area contributed by atoms with Crippen molar-refractivity contribution in [1.82, 2.24) is 15.1 Å². The zero-order chi connectivity index (χ0) is 11.8. The Kier molecular flexibility index (Phi) is 6.42. The van der Waals surface area contributed by atoms with Gasteiger partial charge in [-0.05, 0) is 53.0 Å². The van der Waals surface area contributed by atoms with Crippen LogP contribution in [-0.2, 0) is 4.79 Å². The molecule has 0 aromatic carbocycles. The molecule has 94 valence electrons. The minimum absolute atomic E-state index is 0.181. The fraction of sp³-hybridized carbons (Fsp3) is 0.917. The molecule has 0 saturated carbocycles. The lowest BCUT2D eigenvalue weighted by molar-refractivity contribution is -0.122. The Hall–Kier alpha value is -0.610. The van der Waals surface area contributed by atoms with Gasteiger partial charge in [-0.1, -0.05) is 6.42 Å². The minimum Gasteiger partial charge on any atom is -0.355 e. The molecular weight excluding hydrogens is 202 g/mol. The summed E-state index contributed by atoms with van der Waals surface area (Å²) < 4.78 is 0. The van der Waals surface area contributed by atoms with E-state index in [1.54, 1.807) is 0 Å². The van der Waals surface area contributed by atoms with Crippen LogP contribution in [0.3, 0.4) is 0 Å². The van der Waals surface area contributed by atoms with Gasteiger partial charge in [-0.25, -0.2) is 0 Å². The number of likely N-dealkylation sites (tertiary alicyclic amines) is 1. The third kappa shape index (κ3) is 6.08. The van der Waals surface area contributed by atoms with Gasteiger partial charge >= 0.3 is 0 Å². The summed E-state index contributed by atoms with van der Waals surface area (Å²) in [5.41, 5.74) is 0. The Balaban J connectivity index is 2.01. The van der Waals surface area contributed by atoms with E-state index in [1.807, 2.05) is 0 Å². The minimum atomic E-state index is 0.181. The standard InChI is InChI=1S/C12H25N3O/c1-14(2)8-6-7-13-12(16)11-15-9-4-3-5-10-15/h3-11H2,1-2H3,(H,13,16). The van der Waals surface area contributed by atoms with Crippen LogP contribution >= 0.6 is 0 Å². The molecule has 1 aliphatic heterocycles. The number of carbonyl (C=O) groups excluding carboxylic acids is 1. The molecule has 4 nitrogen and oxygen atoms in total. The molecule has 1 aliphatic rings. The number of carbonyl (C=O) groups is 1. The highest BCUT2D eigenvalue weighted by molar-refractivity contribution is 5.77. The molecule has 0 atom stereocenters. The lowest BCUT2D eigenvalue weighted by atomic mass is 10.1. The zero-order valence-electron chi connectivity index (χ0n) is 10.7. The van der Waals surface area contributed by atoms with Gasteiger partial charge in [0.05, 0.1) is 6.54 Å². The number of nitrogens with zero attached hydrogens (tertiary/aromatic N) is 2. The molecule has 1 fully saturated rings. The van der Waals surface area contributed by atoms with Gasteiger partial charge in [0.1, 0.15) is 0 Å². The van der Waals surface area contributed by atoms with Crippen molar-refractivity contribution in [3.8, 4) is 0 Å². The lowest BCUT2D eigenvalue weighted by Gasteiger charge is -2.25. The molecule has 0 radical (unpaired) electrons. The number of amides is 1. The molecule has 1 saturated heterocycles. The second-order valence-corrected chi connectivity index (χ2v) is 4.84. The average molecular weight is 227 g/mol. The maximum atomic E-state index is 11.6. The van der Waals surface area contributed by atoms with Crippen LogP contribution in [0.5, 0.6) is 0 Å². The number of rotatable bonds is 6. The third-order valence-corrected chi connectivity index (χ3v) is 2.92. The summed E-state index contributed by atoms with van der Waals surface area (Å²) in [4.78, 5) is 16.0. The Morgan fingerprint density at radius 1 is 1.25 bits per heavy atom. The first-order valence-electron chi connectivity index (χ1n) is 6.32. The summed E-state index contributed by atoms with van der Waals surface area (Å²) in [6, 6.07) is 0. The number of nitrogens with one attached hydrogen (secondary N) is 1. The Labute approximate surface area is 99.0 Å². The van der Waals surface area contributed by atoms with Crippen LogP contribution in [0.25, 0.3) is 0 Å². The summed E-state index contributed by atoms with van der Waals surface area (Å²) in [6.45, 7) is 4.59. The van der Waals surface area contributed by atoms with Crippen LogP contribution in [0, 0.1) is 0 Å². The van der Waals surface area contributed by atoms with Crippen molar-refractivity contribution in [1.29, 1.82) is 0 Å². The van der Waals surface area contributed by atoms with Gasteiger partial charge in [0.15, 0.2) is 0 Å². The molecule has 1 rings (SSSR count). The van der Waals surface area contributed by atoms with Crippen molar-refractivity contribution in [2.45, 2.75) is 25.7 Å². The van der Waals surface area contributed by atoms with E-state index in [2.05, 4.69) is 29.2 Å². The average Bonchev–Trinajstić information content (AvgIpc) is 2.25. The predicted molar refractivity (Wildman–Crippen MR) is 66.5 cm³/mol. The summed E-state index contributed by atoms with van der Waals surface area (Å²) in [6.07, 6.45) is 4.83. The first-order chi connectivity index (χ1) is 7.68. The van der Waals surface area contributed by atoms with E-state index in [0.29, 0.717) is 6.54 Å². The molecule has 0 bridgehead atoms. The zero-order valence-corrected chi connectivity index (χ0v) is 10.7. The third-order valence-electron chi connectivity index (χ3n) is 2.92. The van der Waals surface area contributed by atoms with Gasteiger partial charge in [0.25, 0.3) is 0 Å². The predicted octanol–water partition coefficient (Wildman–Crippen LogP) is 0.540. The van der Waals surface area contributed by atoms with Crippen LogP contribution in [0.2, 0.25) is 0 Å². The van der Waals surface area contributed by atoms with E-state index in [0.717, 1.165) is 32.6 Å². The second kappa shape index (κ2) is 7.63. The van der Waals surface area contributed by atoms with Crippen LogP contribution in [0.1, 0.15) is 25.7 Å². The topological polar surface area (TPSA) is 35.6 Å². The SMILES string of the molecule is CN(C)CCCNC(=O)CN1CCCCC1. The van der Waals surface area contributed by atoms with Crippen molar-refractivity contribution in [2.75, 3.05) is 46.8 Å². The Morgan fingerprint density at radius 3 is 2.56 bits per heavy atom. The molecule has 0 unspecified atom stereocenters. The summed E-state index contributed by atoms with van der Waals surface area (Å²) in [5.74, 6) is 0.181. The summed E-state index contributed by atoms with van der Waals surface area (Å²) in [5, 5.41) is 2.98. The monoisotopic (exact) mass is 227 g/mol. The Bertz CT molecular complexity index is 200. The van der Waals surface area contributed by atoms with Crippen LogP contribution in [0.15, 0.2) is 0 Å². The highest BCUT2D eigenvalue weighted by Gasteiger charge is 2.12. The van der Waals surface area contributed by atoms with Crippen LogP contribution in [0.4, 0.5) is 0 Å². The van der Waals surface area contributed by atoms with Crippen LogP contribution < -0.4 is 5.32 Å². The second-order valence-electron chi connectivity index (χ2n) is 4.84. The van der Waals surface area contributed by atoms with Gasteiger partial charge in [0.2, 0.25) is 5.91 Å². The van der Waals surface area contributed by atoms with E-state index in [1.165, 1.54) is 19.3 Å². The van der Waals surface area contributed by atoms with Crippen molar-refractivity contribution < 1.29 is 4.79 Å². The van der Waals surface area contributed by atoms with E-state index in [4.69, 9.17) is 0 Å². The van der Waals surface area contributed by atoms with E-state index < -0.39 is 0 Å². The first kappa shape index (κ1) is 13.5. The molecule has 16 heavy (non-hydrogen) atoms. The van der Waals surface area contributed by atoms with Gasteiger partial charge in [0, 0.05) is 6.54 Å². The van der Waals surface area contributed by atoms with Gasteiger partial charge in [-0.3, -0.25) is 9.69 Å². The maximum absolute atomic E-state index is 11.6. The lowest BCUT2D eigenvalue weighted by Crippen LogP contribution is -2.40. The number of hydrogen-bond donors (Lipinski definition) is 1. The largest absolute Gasteiger partial charge is 0.355 e. The van der Waals surface area contributed by atoms with E-state index >= 15 is 0 Å². The molecule has 0 aliphatic carbocycles. The molecule has 4 heteroatoms. The summed E-state index contributed by atoms with van der Waals surface area (Å²) >= 11 is 0. The summed E-state index contributed by atoms with van der Waals surface area (Å²) in [7, 11) is 4.10. The van der Waals surface area contributed by atoms with Crippen molar-refractivity contribution in [3.63, 3.8) is 0 Å². The molecule has 0 spiro atoms. The number of piperidine rings is 1. The molecule has 0 aromatic rings. The van der Waals surface area contributed by atoms with E-state index in [9.17, 15) is 4.79 Å². The maximum Gasteiger partial charge on any atom is 0.234 e. The molecular formula is C12H25N3O. The van der Waals surface area contributed by atoms with Gasteiger partial charge in [-0.2, -0.15) is 0 Å². The molecule has 1 heterocycles. The molecule has 0 aromatic heterocycles. The van der Waals surface area contributed by atoms with Crippen molar-refractivity contribution in [3.05, 3.63) is 0 Å². The van der Waals surface area contributed by atoms with Gasteiger partial charge < -0.3 is 10.2 Å². The normalized spacial score (nSPS) is 17.7. The fourth-order valence-electron chi connectivity index (χ4n) is 2.00. The Morgan fingerprint density at radius 2 is 1.94 bits per heavy atom.